The Labute approximate surface area is 80.0 Å². The van der Waals surface area contributed by atoms with E-state index in [0.29, 0.717) is 0 Å². The minimum Gasteiger partial charge on any atom is -0.477 e. The first-order chi connectivity index (χ1) is 6.59. The minimum absolute atomic E-state index is 0.0421. The Balaban J connectivity index is 2.76. The van der Waals surface area contributed by atoms with Gasteiger partial charge in [-0.3, -0.25) is 0 Å². The van der Waals surface area contributed by atoms with Crippen LogP contribution in [-0.2, 0) is 7.05 Å². The van der Waals surface area contributed by atoms with Gasteiger partial charge in [0.15, 0.2) is 0 Å². The number of carboxylic acid groups (broad SMARTS) is 1. The molecule has 2 rings (SSSR count). The number of carboxylic acids is 1. The highest BCUT2D eigenvalue weighted by Crippen LogP contribution is 2.14. The second-order valence-electron chi connectivity index (χ2n) is 3.08. The molecule has 2 aromatic rings. The van der Waals surface area contributed by atoms with Crippen LogP contribution in [0.1, 0.15) is 16.3 Å². The summed E-state index contributed by atoms with van der Waals surface area (Å²) >= 11 is 0. The molecule has 72 valence electrons. The van der Waals surface area contributed by atoms with Gasteiger partial charge in [0.1, 0.15) is 17.0 Å². The highest BCUT2D eigenvalue weighted by Gasteiger charge is 2.09. The normalized spacial score (nSPS) is 10.7. The molecule has 1 N–H and O–H groups in total. The zero-order valence-electron chi connectivity index (χ0n) is 7.85. The van der Waals surface area contributed by atoms with Crippen LogP contribution in [0.4, 0.5) is 0 Å². The molecule has 0 atom stereocenters. The van der Waals surface area contributed by atoms with Crippen molar-refractivity contribution in [1.29, 1.82) is 0 Å². The Morgan fingerprint density at radius 3 is 2.93 bits per heavy atom. The molecule has 2 heterocycles. The van der Waals surface area contributed by atoms with E-state index in [1.54, 1.807) is 0 Å². The molecule has 0 aliphatic rings. The molecule has 5 nitrogen and oxygen atoms in total. The fraction of sp³-hybridized carbons (Fsp3) is 0.222. The number of aryl methyl sites for hydroxylation is 2. The number of pyridine rings is 1. The van der Waals surface area contributed by atoms with Gasteiger partial charge >= 0.3 is 5.97 Å². The summed E-state index contributed by atoms with van der Waals surface area (Å²) in [6.07, 6.45) is 1.48. The predicted molar refractivity (Wildman–Crippen MR) is 50.2 cm³/mol. The molecule has 5 heteroatoms. The maximum atomic E-state index is 10.7. The van der Waals surface area contributed by atoms with Gasteiger partial charge in [0.25, 0.3) is 0 Å². The number of carbonyl (C=O) groups is 1. The van der Waals surface area contributed by atoms with E-state index in [0.717, 1.165) is 16.9 Å². The van der Waals surface area contributed by atoms with E-state index in [4.69, 9.17) is 5.11 Å². The van der Waals surface area contributed by atoms with Crippen LogP contribution in [-0.4, -0.2) is 25.6 Å². The molecule has 14 heavy (non-hydrogen) atoms. The van der Waals surface area contributed by atoms with Crippen LogP contribution in [0.2, 0.25) is 0 Å². The monoisotopic (exact) mass is 191 g/mol. The fourth-order valence-corrected chi connectivity index (χ4v) is 1.33. The maximum absolute atomic E-state index is 10.7. The summed E-state index contributed by atoms with van der Waals surface area (Å²) < 4.78 is 1.84. The predicted octanol–water partition coefficient (Wildman–Crippen LogP) is 0.975. The van der Waals surface area contributed by atoms with Crippen LogP contribution in [0, 0.1) is 6.92 Å². The second kappa shape index (κ2) is 2.80. The van der Waals surface area contributed by atoms with Crippen molar-refractivity contribution in [3.05, 3.63) is 23.8 Å². The molecule has 0 spiro atoms. The Morgan fingerprint density at radius 1 is 1.57 bits per heavy atom. The maximum Gasteiger partial charge on any atom is 0.354 e. The standard InChI is InChI=1S/C9H9N3O2/c1-5-11-7-4-10-6(9(13)14)3-8(7)12(5)2/h3-4H,1-2H3,(H,13,14). The van der Waals surface area contributed by atoms with Gasteiger partial charge in [-0.05, 0) is 13.0 Å². The number of aromatic nitrogens is 3. The Kier molecular flexibility index (Phi) is 1.73. The van der Waals surface area contributed by atoms with Gasteiger partial charge in [0, 0.05) is 7.05 Å². The first kappa shape index (κ1) is 8.68. The summed E-state index contributed by atoms with van der Waals surface area (Å²) in [5, 5.41) is 8.75. The Bertz CT molecular complexity index is 516. The SMILES string of the molecule is Cc1nc2cnc(C(=O)O)cc2n1C. The lowest BCUT2D eigenvalue weighted by molar-refractivity contribution is 0.0690. The molecule has 0 fully saturated rings. The van der Waals surface area contributed by atoms with Crippen molar-refractivity contribution in [2.45, 2.75) is 6.92 Å². The number of rotatable bonds is 1. The van der Waals surface area contributed by atoms with Gasteiger partial charge in [-0.1, -0.05) is 0 Å². The Hall–Kier alpha value is -1.91. The molecular weight excluding hydrogens is 182 g/mol. The topological polar surface area (TPSA) is 68.0 Å². The molecule has 0 saturated carbocycles. The van der Waals surface area contributed by atoms with Crippen LogP contribution in [0.25, 0.3) is 11.0 Å². The van der Waals surface area contributed by atoms with Crippen molar-refractivity contribution in [1.82, 2.24) is 14.5 Å². The molecule has 0 unspecified atom stereocenters. The lowest BCUT2D eigenvalue weighted by Gasteiger charge is -1.97. The molecular formula is C9H9N3O2. The largest absolute Gasteiger partial charge is 0.477 e. The van der Waals surface area contributed by atoms with E-state index in [-0.39, 0.29) is 5.69 Å². The van der Waals surface area contributed by atoms with E-state index in [1.165, 1.54) is 12.3 Å². The molecule has 0 aliphatic carbocycles. The lowest BCUT2D eigenvalue weighted by atomic mass is 10.3. The van der Waals surface area contributed by atoms with Crippen LogP contribution in [0.15, 0.2) is 12.3 Å². The van der Waals surface area contributed by atoms with Crippen LogP contribution >= 0.6 is 0 Å². The average Bonchev–Trinajstić information content (AvgIpc) is 2.43. The van der Waals surface area contributed by atoms with Crippen molar-refractivity contribution < 1.29 is 9.90 Å². The fourth-order valence-electron chi connectivity index (χ4n) is 1.33. The third-order valence-corrected chi connectivity index (χ3v) is 2.21. The van der Waals surface area contributed by atoms with Gasteiger partial charge in [-0.25, -0.2) is 14.8 Å². The highest BCUT2D eigenvalue weighted by atomic mass is 16.4. The first-order valence-electron chi connectivity index (χ1n) is 4.12. The van der Waals surface area contributed by atoms with Crippen molar-refractivity contribution in [3.63, 3.8) is 0 Å². The van der Waals surface area contributed by atoms with Gasteiger partial charge < -0.3 is 9.67 Å². The number of aromatic carboxylic acids is 1. The van der Waals surface area contributed by atoms with Gasteiger partial charge in [-0.2, -0.15) is 0 Å². The zero-order valence-corrected chi connectivity index (χ0v) is 7.85. The second-order valence-corrected chi connectivity index (χ2v) is 3.08. The summed E-state index contributed by atoms with van der Waals surface area (Å²) in [5.41, 5.74) is 1.55. The molecule has 0 aliphatic heterocycles. The summed E-state index contributed by atoms with van der Waals surface area (Å²) in [6, 6.07) is 1.53. The molecule has 2 aromatic heterocycles. The molecule has 0 saturated heterocycles. The smallest absolute Gasteiger partial charge is 0.354 e. The van der Waals surface area contributed by atoms with Crippen molar-refractivity contribution >= 4 is 17.0 Å². The molecule has 0 radical (unpaired) electrons. The van der Waals surface area contributed by atoms with Crippen LogP contribution < -0.4 is 0 Å². The van der Waals surface area contributed by atoms with E-state index < -0.39 is 5.97 Å². The highest BCUT2D eigenvalue weighted by molar-refractivity contribution is 5.89. The number of hydrogen-bond acceptors (Lipinski definition) is 3. The van der Waals surface area contributed by atoms with E-state index in [9.17, 15) is 4.79 Å². The van der Waals surface area contributed by atoms with Gasteiger partial charge in [-0.15, -0.1) is 0 Å². The molecule has 0 aromatic carbocycles. The third kappa shape index (κ3) is 1.14. The molecule has 0 bridgehead atoms. The zero-order chi connectivity index (χ0) is 10.3. The van der Waals surface area contributed by atoms with E-state index in [1.807, 2.05) is 18.5 Å². The lowest BCUT2D eigenvalue weighted by Crippen LogP contribution is -2.00. The quantitative estimate of drug-likeness (QED) is 0.729. The number of nitrogens with zero attached hydrogens (tertiary/aromatic N) is 3. The average molecular weight is 191 g/mol. The first-order valence-corrected chi connectivity index (χ1v) is 4.12. The summed E-state index contributed by atoms with van der Waals surface area (Å²) in [4.78, 5) is 18.7. The summed E-state index contributed by atoms with van der Waals surface area (Å²) in [5.74, 6) is -0.185. The van der Waals surface area contributed by atoms with Crippen LogP contribution in [0.3, 0.4) is 0 Å². The van der Waals surface area contributed by atoms with Crippen LogP contribution in [0.5, 0.6) is 0 Å². The minimum atomic E-state index is -1.02. The number of fused-ring (bicyclic) bond motifs is 1. The Morgan fingerprint density at radius 2 is 2.29 bits per heavy atom. The van der Waals surface area contributed by atoms with E-state index in [2.05, 4.69) is 9.97 Å². The summed E-state index contributed by atoms with van der Waals surface area (Å²) in [6.45, 7) is 1.86. The number of hydrogen-bond donors (Lipinski definition) is 1. The number of imidazole rings is 1. The molecule has 0 amide bonds. The van der Waals surface area contributed by atoms with Crippen molar-refractivity contribution in [3.8, 4) is 0 Å². The van der Waals surface area contributed by atoms with Gasteiger partial charge in [0.2, 0.25) is 0 Å². The van der Waals surface area contributed by atoms with Crippen molar-refractivity contribution in [2.24, 2.45) is 7.05 Å². The van der Waals surface area contributed by atoms with Gasteiger partial charge in [0.05, 0.1) is 11.7 Å². The van der Waals surface area contributed by atoms with E-state index >= 15 is 0 Å². The van der Waals surface area contributed by atoms with Crippen molar-refractivity contribution in [2.75, 3.05) is 0 Å². The third-order valence-electron chi connectivity index (χ3n) is 2.21. The summed E-state index contributed by atoms with van der Waals surface area (Å²) in [7, 11) is 1.84.